The van der Waals surface area contributed by atoms with Crippen molar-refractivity contribution in [2.45, 2.75) is 25.2 Å². The van der Waals surface area contributed by atoms with Crippen LogP contribution in [-0.2, 0) is 6.42 Å². The van der Waals surface area contributed by atoms with Crippen molar-refractivity contribution in [1.29, 1.82) is 0 Å². The first-order valence-corrected chi connectivity index (χ1v) is 6.46. The van der Waals surface area contributed by atoms with E-state index >= 15 is 0 Å². The second-order valence-electron chi connectivity index (χ2n) is 2.86. The molecule has 0 unspecified atom stereocenters. The Kier molecular flexibility index (Phi) is 4.65. The average Bonchev–Trinajstić information content (AvgIpc) is 2.92. The summed E-state index contributed by atoms with van der Waals surface area (Å²) in [6.07, 6.45) is 3.11. The number of nitrogens with two attached hydrogens (primary N) is 1. The van der Waals surface area contributed by atoms with Gasteiger partial charge in [0.2, 0.25) is 5.89 Å². The van der Waals surface area contributed by atoms with E-state index in [0.717, 1.165) is 5.82 Å². The highest BCUT2D eigenvalue weighted by molar-refractivity contribution is 14.1. The predicted molar refractivity (Wildman–Crippen MR) is 59.0 cm³/mol. The lowest BCUT2D eigenvalue weighted by molar-refractivity contribution is 0.374. The lowest BCUT2D eigenvalue weighted by atomic mass is 10.4. The molecule has 1 aliphatic rings. The molecule has 2 rings (SSSR count). The minimum Gasteiger partial charge on any atom is -0.339 e. The van der Waals surface area contributed by atoms with Crippen molar-refractivity contribution < 1.29 is 4.52 Å². The number of hydrogen-bond acceptors (Lipinski definition) is 4. The van der Waals surface area contributed by atoms with Crippen molar-refractivity contribution in [2.75, 3.05) is 11.5 Å². The molecule has 0 atom stereocenters. The van der Waals surface area contributed by atoms with E-state index in [9.17, 15) is 0 Å². The largest absolute Gasteiger partial charge is 0.339 e. The fourth-order valence-corrected chi connectivity index (χ4v) is 1.00. The van der Waals surface area contributed by atoms with Crippen molar-refractivity contribution in [3.8, 4) is 0 Å². The molecule has 13 heavy (non-hydrogen) atoms. The molecule has 1 fully saturated rings. The van der Waals surface area contributed by atoms with Crippen molar-refractivity contribution >= 4 is 22.6 Å². The summed E-state index contributed by atoms with van der Waals surface area (Å²) in [5, 5.41) is 3.86. The predicted octanol–water partition coefficient (Wildman–Crippen LogP) is 1.50. The summed E-state index contributed by atoms with van der Waals surface area (Å²) in [6.45, 7) is 0.576. The van der Waals surface area contributed by atoms with Crippen LogP contribution in [0.25, 0.3) is 0 Å². The first-order valence-electron chi connectivity index (χ1n) is 4.30. The van der Waals surface area contributed by atoms with Crippen LogP contribution in [0.2, 0.25) is 0 Å². The topological polar surface area (TPSA) is 64.9 Å². The van der Waals surface area contributed by atoms with E-state index in [0.29, 0.717) is 24.8 Å². The van der Waals surface area contributed by atoms with Crippen LogP contribution in [0.15, 0.2) is 4.52 Å². The first-order chi connectivity index (χ1) is 6.40. The standard InChI is InChI=1S/C7H11N3O.CH3I/c8-4-3-6-9-7(10-11-6)5-1-2-5;1-2/h5H,1-4,8H2;1H3. The number of halogens is 1. The molecule has 1 aromatic rings. The maximum absolute atomic E-state index is 5.33. The van der Waals surface area contributed by atoms with Crippen LogP contribution in [-0.4, -0.2) is 21.6 Å². The van der Waals surface area contributed by atoms with Crippen molar-refractivity contribution in [3.05, 3.63) is 11.7 Å². The average molecular weight is 295 g/mol. The van der Waals surface area contributed by atoms with Crippen molar-refractivity contribution in [3.63, 3.8) is 0 Å². The fourth-order valence-electron chi connectivity index (χ4n) is 1.00. The summed E-state index contributed by atoms with van der Waals surface area (Å²) in [5.74, 6) is 2.12. The smallest absolute Gasteiger partial charge is 0.227 e. The molecule has 1 heterocycles. The highest BCUT2D eigenvalue weighted by Crippen LogP contribution is 2.37. The summed E-state index contributed by atoms with van der Waals surface area (Å²) in [7, 11) is 0. The molecule has 0 radical (unpaired) electrons. The summed E-state index contributed by atoms with van der Waals surface area (Å²) >= 11 is 2.15. The number of alkyl halides is 1. The van der Waals surface area contributed by atoms with Crippen LogP contribution < -0.4 is 5.73 Å². The van der Waals surface area contributed by atoms with Gasteiger partial charge in [-0.3, -0.25) is 0 Å². The zero-order valence-corrected chi connectivity index (χ0v) is 9.82. The highest BCUT2D eigenvalue weighted by Gasteiger charge is 2.28. The molecule has 4 nitrogen and oxygen atoms in total. The minimum absolute atomic E-state index is 0.574. The molecule has 1 aromatic heterocycles. The maximum Gasteiger partial charge on any atom is 0.227 e. The Bertz CT molecular complexity index is 247. The van der Waals surface area contributed by atoms with Gasteiger partial charge in [-0.25, -0.2) is 0 Å². The molecule has 1 saturated carbocycles. The van der Waals surface area contributed by atoms with Crippen LogP contribution in [0.4, 0.5) is 0 Å². The number of aromatic nitrogens is 2. The summed E-state index contributed by atoms with van der Waals surface area (Å²) in [5.41, 5.74) is 5.33. The molecular weight excluding hydrogens is 281 g/mol. The van der Waals surface area contributed by atoms with Gasteiger partial charge in [-0.05, 0) is 17.8 Å². The molecule has 1 aliphatic carbocycles. The van der Waals surface area contributed by atoms with Gasteiger partial charge in [0, 0.05) is 18.9 Å². The van der Waals surface area contributed by atoms with E-state index in [4.69, 9.17) is 10.3 Å². The third kappa shape index (κ3) is 3.22. The van der Waals surface area contributed by atoms with Gasteiger partial charge in [0.25, 0.3) is 0 Å². The van der Waals surface area contributed by atoms with Crippen LogP contribution in [0, 0.1) is 0 Å². The van der Waals surface area contributed by atoms with E-state index in [2.05, 4.69) is 32.7 Å². The van der Waals surface area contributed by atoms with Crippen LogP contribution in [0.5, 0.6) is 0 Å². The zero-order chi connectivity index (χ0) is 9.68. The second kappa shape index (κ2) is 5.54. The third-order valence-electron chi connectivity index (χ3n) is 1.78. The SMILES string of the molecule is CI.NCCc1nc(C2CC2)no1. The van der Waals surface area contributed by atoms with Gasteiger partial charge in [-0.15, -0.1) is 0 Å². The monoisotopic (exact) mass is 295 g/mol. The molecule has 5 heteroatoms. The molecule has 0 aliphatic heterocycles. The Morgan fingerprint density at radius 2 is 2.23 bits per heavy atom. The molecule has 0 saturated heterocycles. The van der Waals surface area contributed by atoms with Crippen molar-refractivity contribution in [2.24, 2.45) is 5.73 Å². The number of nitrogens with zero attached hydrogens (tertiary/aromatic N) is 2. The normalized spacial score (nSPS) is 15.0. The maximum atomic E-state index is 5.33. The Morgan fingerprint density at radius 1 is 1.54 bits per heavy atom. The number of rotatable bonds is 3. The van der Waals surface area contributed by atoms with Gasteiger partial charge in [-0.2, -0.15) is 4.98 Å². The molecule has 0 aromatic carbocycles. The molecule has 0 bridgehead atoms. The Hall–Kier alpha value is -0.170. The first kappa shape index (κ1) is 10.9. The second-order valence-corrected chi connectivity index (χ2v) is 2.86. The quantitative estimate of drug-likeness (QED) is 0.678. The highest BCUT2D eigenvalue weighted by atomic mass is 127. The lowest BCUT2D eigenvalue weighted by Crippen LogP contribution is -2.02. The summed E-state index contributed by atoms with van der Waals surface area (Å²) in [4.78, 5) is 6.17. The number of hydrogen-bond donors (Lipinski definition) is 1. The summed E-state index contributed by atoms with van der Waals surface area (Å²) < 4.78 is 4.97. The molecule has 0 spiro atoms. The molecule has 0 amide bonds. The van der Waals surface area contributed by atoms with Gasteiger partial charge in [0.15, 0.2) is 5.82 Å². The Balaban J connectivity index is 0.000000396. The van der Waals surface area contributed by atoms with E-state index in [1.165, 1.54) is 12.8 Å². The van der Waals surface area contributed by atoms with Gasteiger partial charge in [-0.1, -0.05) is 27.7 Å². The van der Waals surface area contributed by atoms with Gasteiger partial charge < -0.3 is 10.3 Å². The zero-order valence-electron chi connectivity index (χ0n) is 7.66. The van der Waals surface area contributed by atoms with Gasteiger partial charge in [0.05, 0.1) is 0 Å². The molecule has 74 valence electrons. The summed E-state index contributed by atoms with van der Waals surface area (Å²) in [6, 6.07) is 0. The van der Waals surface area contributed by atoms with Crippen LogP contribution in [0.3, 0.4) is 0 Å². The van der Waals surface area contributed by atoms with Crippen LogP contribution in [0.1, 0.15) is 30.5 Å². The minimum atomic E-state index is 0.574. The fraction of sp³-hybridized carbons (Fsp3) is 0.750. The lowest BCUT2D eigenvalue weighted by Gasteiger charge is -1.83. The van der Waals surface area contributed by atoms with E-state index in [-0.39, 0.29) is 0 Å². The van der Waals surface area contributed by atoms with Gasteiger partial charge >= 0.3 is 0 Å². The van der Waals surface area contributed by atoms with Crippen molar-refractivity contribution in [1.82, 2.24) is 10.1 Å². The van der Waals surface area contributed by atoms with Crippen LogP contribution >= 0.6 is 22.6 Å². The molecule has 2 N–H and O–H groups in total. The Labute approximate surface area is 91.4 Å². The van der Waals surface area contributed by atoms with E-state index < -0.39 is 0 Å². The van der Waals surface area contributed by atoms with Gasteiger partial charge in [0.1, 0.15) is 0 Å². The van der Waals surface area contributed by atoms with E-state index in [1.54, 1.807) is 0 Å². The van der Waals surface area contributed by atoms with E-state index in [1.807, 2.05) is 4.93 Å². The third-order valence-corrected chi connectivity index (χ3v) is 1.78. The molecular formula is C8H14IN3O. The Morgan fingerprint density at radius 3 is 2.77 bits per heavy atom.